The number of para-hydroxylation sites is 2. The fourth-order valence-corrected chi connectivity index (χ4v) is 3.18. The molecule has 2 N–H and O–H groups in total. The topological polar surface area (TPSA) is 77.8 Å². The molecular formula is C19H19NO4. The number of Topliss-reactive ketones (excluding diaryl/α,β-unsaturated/α-hetero) is 1. The number of rotatable bonds is 4. The van der Waals surface area contributed by atoms with Gasteiger partial charge in [0.15, 0.2) is 11.4 Å². The number of hydrogen-bond acceptors (Lipinski definition) is 4. The van der Waals surface area contributed by atoms with Crippen LogP contribution >= 0.6 is 0 Å². The zero-order chi connectivity index (χ0) is 17.5. The van der Waals surface area contributed by atoms with Gasteiger partial charge in [-0.1, -0.05) is 30.3 Å². The first-order valence-corrected chi connectivity index (χ1v) is 7.83. The van der Waals surface area contributed by atoms with Crippen molar-refractivity contribution in [2.45, 2.75) is 31.9 Å². The number of ketones is 1. The second-order valence-electron chi connectivity index (χ2n) is 6.26. The molecule has 0 radical (unpaired) electrons. The number of carbonyl (C=O) groups is 2. The van der Waals surface area contributed by atoms with Crippen LogP contribution in [0.5, 0.6) is 5.75 Å². The van der Waals surface area contributed by atoms with Gasteiger partial charge in [-0.25, -0.2) is 0 Å². The van der Waals surface area contributed by atoms with Crippen LogP contribution in [0.2, 0.25) is 0 Å². The average molecular weight is 325 g/mol. The molecule has 5 nitrogen and oxygen atoms in total. The van der Waals surface area contributed by atoms with E-state index in [-0.39, 0.29) is 17.4 Å². The van der Waals surface area contributed by atoms with E-state index in [0.29, 0.717) is 11.3 Å². The van der Waals surface area contributed by atoms with Crippen LogP contribution in [-0.4, -0.2) is 27.9 Å². The van der Waals surface area contributed by atoms with E-state index in [2.05, 4.69) is 0 Å². The number of phenols is 1. The number of nitrogens with zero attached hydrogens (tertiary/aromatic N) is 1. The number of aliphatic hydroxyl groups is 1. The van der Waals surface area contributed by atoms with E-state index in [1.54, 1.807) is 36.4 Å². The van der Waals surface area contributed by atoms with Gasteiger partial charge in [0, 0.05) is 11.6 Å². The number of aromatic hydroxyl groups is 1. The molecule has 0 spiro atoms. The first-order chi connectivity index (χ1) is 11.4. The molecule has 24 heavy (non-hydrogen) atoms. The highest BCUT2D eigenvalue weighted by Crippen LogP contribution is 2.44. The van der Waals surface area contributed by atoms with Crippen LogP contribution in [-0.2, 0) is 10.4 Å². The average Bonchev–Trinajstić information content (AvgIpc) is 2.76. The maximum atomic E-state index is 12.8. The summed E-state index contributed by atoms with van der Waals surface area (Å²) in [6.45, 7) is 3.70. The molecule has 1 unspecified atom stereocenters. The van der Waals surface area contributed by atoms with E-state index in [9.17, 15) is 19.8 Å². The van der Waals surface area contributed by atoms with E-state index in [1.807, 2.05) is 13.8 Å². The van der Waals surface area contributed by atoms with Gasteiger partial charge in [-0.05, 0) is 32.0 Å². The number of fused-ring (bicyclic) bond motifs is 1. The summed E-state index contributed by atoms with van der Waals surface area (Å²) in [5.74, 6) is -1.16. The Hall–Kier alpha value is -2.66. The molecule has 0 bridgehead atoms. The highest BCUT2D eigenvalue weighted by molar-refractivity contribution is 6.11. The minimum atomic E-state index is -1.92. The molecule has 0 aliphatic carbocycles. The molecule has 1 aliphatic rings. The normalized spacial score (nSPS) is 19.7. The van der Waals surface area contributed by atoms with Crippen LogP contribution < -0.4 is 4.90 Å². The van der Waals surface area contributed by atoms with Gasteiger partial charge in [0.2, 0.25) is 0 Å². The molecule has 5 heteroatoms. The summed E-state index contributed by atoms with van der Waals surface area (Å²) in [6.07, 6.45) is -0.413. The van der Waals surface area contributed by atoms with Crippen molar-refractivity contribution in [3.63, 3.8) is 0 Å². The van der Waals surface area contributed by atoms with E-state index in [0.717, 1.165) is 0 Å². The summed E-state index contributed by atoms with van der Waals surface area (Å²) in [5, 5.41) is 20.9. The Bertz CT molecular complexity index is 815. The van der Waals surface area contributed by atoms with Gasteiger partial charge >= 0.3 is 0 Å². The van der Waals surface area contributed by atoms with E-state index in [4.69, 9.17) is 0 Å². The fourth-order valence-electron chi connectivity index (χ4n) is 3.18. The molecule has 1 amide bonds. The Balaban J connectivity index is 2.02. The molecular weight excluding hydrogens is 306 g/mol. The Morgan fingerprint density at radius 3 is 2.42 bits per heavy atom. The second-order valence-corrected chi connectivity index (χ2v) is 6.26. The zero-order valence-corrected chi connectivity index (χ0v) is 13.6. The molecule has 3 rings (SSSR count). The van der Waals surface area contributed by atoms with Crippen molar-refractivity contribution in [1.82, 2.24) is 0 Å². The van der Waals surface area contributed by atoms with Crippen molar-refractivity contribution in [3.05, 3.63) is 59.7 Å². The molecule has 124 valence electrons. The van der Waals surface area contributed by atoms with Crippen molar-refractivity contribution in [3.8, 4) is 5.75 Å². The van der Waals surface area contributed by atoms with Crippen molar-refractivity contribution in [2.24, 2.45) is 0 Å². The third-order valence-electron chi connectivity index (χ3n) is 4.32. The van der Waals surface area contributed by atoms with Crippen molar-refractivity contribution >= 4 is 17.4 Å². The standard InChI is InChI=1S/C19H19NO4/c1-12(2)20-15-9-5-4-8-14(15)19(24,18(20)23)11-17(22)13-7-3-6-10-16(13)21/h3-10,12,21,24H,11H2,1-2H3. The van der Waals surface area contributed by atoms with E-state index >= 15 is 0 Å². The minimum Gasteiger partial charge on any atom is -0.507 e. The summed E-state index contributed by atoms with van der Waals surface area (Å²) in [7, 11) is 0. The number of carbonyl (C=O) groups excluding carboxylic acids is 2. The predicted octanol–water partition coefficient (Wildman–Crippen LogP) is 2.61. The van der Waals surface area contributed by atoms with Gasteiger partial charge in [0.25, 0.3) is 5.91 Å². The van der Waals surface area contributed by atoms with Crippen LogP contribution in [0.4, 0.5) is 5.69 Å². The number of phenolic OH excluding ortho intramolecular Hbond substituents is 1. The molecule has 1 heterocycles. The maximum absolute atomic E-state index is 12.8. The number of benzene rings is 2. The third kappa shape index (κ3) is 2.37. The Kier molecular flexibility index (Phi) is 3.89. The molecule has 1 atom stereocenters. The maximum Gasteiger partial charge on any atom is 0.264 e. The van der Waals surface area contributed by atoms with Gasteiger partial charge in [0.1, 0.15) is 5.75 Å². The number of amides is 1. The summed E-state index contributed by atoms with van der Waals surface area (Å²) in [4.78, 5) is 26.9. The van der Waals surface area contributed by atoms with Crippen LogP contribution in [0.15, 0.2) is 48.5 Å². The van der Waals surface area contributed by atoms with Gasteiger partial charge in [-0.15, -0.1) is 0 Å². The summed E-state index contributed by atoms with van der Waals surface area (Å²) in [5.41, 5.74) is -0.781. The first kappa shape index (κ1) is 16.2. The Labute approximate surface area is 140 Å². The quantitative estimate of drug-likeness (QED) is 0.847. The van der Waals surface area contributed by atoms with Crippen LogP contribution in [0.25, 0.3) is 0 Å². The molecule has 1 aliphatic heterocycles. The van der Waals surface area contributed by atoms with Crippen LogP contribution in [0, 0.1) is 0 Å². The van der Waals surface area contributed by atoms with Crippen LogP contribution in [0.3, 0.4) is 0 Å². The van der Waals surface area contributed by atoms with Crippen molar-refractivity contribution < 1.29 is 19.8 Å². The highest BCUT2D eigenvalue weighted by Gasteiger charge is 2.51. The van der Waals surface area contributed by atoms with E-state index < -0.39 is 23.7 Å². The van der Waals surface area contributed by atoms with Gasteiger partial charge < -0.3 is 15.1 Å². The number of anilines is 1. The monoisotopic (exact) mass is 325 g/mol. The molecule has 0 saturated carbocycles. The highest BCUT2D eigenvalue weighted by atomic mass is 16.3. The first-order valence-electron chi connectivity index (χ1n) is 7.83. The van der Waals surface area contributed by atoms with Crippen molar-refractivity contribution in [1.29, 1.82) is 0 Å². The lowest BCUT2D eigenvalue weighted by Crippen LogP contribution is -2.44. The second kappa shape index (κ2) is 5.76. The Morgan fingerprint density at radius 1 is 1.12 bits per heavy atom. The lowest BCUT2D eigenvalue weighted by Gasteiger charge is -2.25. The lowest BCUT2D eigenvalue weighted by atomic mass is 9.88. The summed E-state index contributed by atoms with van der Waals surface area (Å²) < 4.78 is 0. The van der Waals surface area contributed by atoms with Crippen LogP contribution in [0.1, 0.15) is 36.2 Å². The largest absolute Gasteiger partial charge is 0.507 e. The Morgan fingerprint density at radius 2 is 1.75 bits per heavy atom. The molecule has 2 aromatic rings. The summed E-state index contributed by atoms with van der Waals surface area (Å²) in [6, 6.07) is 12.9. The molecule has 0 aromatic heterocycles. The smallest absolute Gasteiger partial charge is 0.264 e. The zero-order valence-electron chi connectivity index (χ0n) is 13.6. The van der Waals surface area contributed by atoms with Gasteiger partial charge in [0.05, 0.1) is 17.7 Å². The lowest BCUT2D eigenvalue weighted by molar-refractivity contribution is -0.136. The minimum absolute atomic E-state index is 0.0965. The van der Waals surface area contributed by atoms with Gasteiger partial charge in [-0.2, -0.15) is 0 Å². The molecule has 2 aromatic carbocycles. The predicted molar refractivity (Wildman–Crippen MR) is 90.0 cm³/mol. The number of hydrogen-bond donors (Lipinski definition) is 2. The van der Waals surface area contributed by atoms with Gasteiger partial charge in [-0.3, -0.25) is 9.59 Å². The molecule has 0 fully saturated rings. The van der Waals surface area contributed by atoms with E-state index in [1.165, 1.54) is 17.0 Å². The SMILES string of the molecule is CC(C)N1C(=O)C(O)(CC(=O)c2ccccc2O)c2ccccc21. The summed E-state index contributed by atoms with van der Waals surface area (Å²) >= 11 is 0. The fraction of sp³-hybridized carbons (Fsp3) is 0.263. The third-order valence-corrected chi connectivity index (χ3v) is 4.32. The van der Waals surface area contributed by atoms with Crippen molar-refractivity contribution in [2.75, 3.05) is 4.90 Å². The molecule has 0 saturated heterocycles.